The Morgan fingerprint density at radius 1 is 1.50 bits per heavy atom. The van der Waals surface area contributed by atoms with Gasteiger partial charge in [-0.2, -0.15) is 23.5 Å². The molecule has 7 heteroatoms. The number of thioether (sulfide) groups is 2. The maximum absolute atomic E-state index is 10.6. The second kappa shape index (κ2) is 6.19. The zero-order chi connectivity index (χ0) is 13.0. The quantitative estimate of drug-likeness (QED) is 0.502. The standard InChI is InChI=1S/C11H15N3O2S2/c12-10-5-8(14(15)16)1-2-11(10)13-6-9-7-17-3-4-18-9/h1-2,5,9,13H,3-4,6-7,12H2. The molecule has 5 nitrogen and oxygen atoms in total. The van der Waals surface area contributed by atoms with E-state index in [2.05, 4.69) is 5.32 Å². The van der Waals surface area contributed by atoms with E-state index in [1.807, 2.05) is 23.5 Å². The Hall–Kier alpha value is -1.08. The van der Waals surface area contributed by atoms with Crippen molar-refractivity contribution in [1.29, 1.82) is 0 Å². The molecule has 1 aromatic rings. The molecular weight excluding hydrogens is 270 g/mol. The molecule has 0 amide bonds. The van der Waals surface area contributed by atoms with Crippen LogP contribution in [0.2, 0.25) is 0 Å². The third kappa shape index (κ3) is 3.46. The van der Waals surface area contributed by atoms with E-state index in [4.69, 9.17) is 5.73 Å². The number of nitrogens with two attached hydrogens (primary N) is 1. The van der Waals surface area contributed by atoms with E-state index in [0.29, 0.717) is 10.9 Å². The van der Waals surface area contributed by atoms with Gasteiger partial charge < -0.3 is 11.1 Å². The number of nitro benzene ring substituents is 1. The first-order valence-electron chi connectivity index (χ1n) is 5.64. The molecule has 1 aliphatic heterocycles. The number of hydrogen-bond donors (Lipinski definition) is 2. The van der Waals surface area contributed by atoms with E-state index < -0.39 is 4.92 Å². The zero-order valence-electron chi connectivity index (χ0n) is 9.80. The number of benzene rings is 1. The maximum Gasteiger partial charge on any atom is 0.271 e. The van der Waals surface area contributed by atoms with E-state index in [1.165, 1.54) is 23.6 Å². The van der Waals surface area contributed by atoms with Gasteiger partial charge in [0.25, 0.3) is 5.69 Å². The molecule has 1 aliphatic rings. The Kier molecular flexibility index (Phi) is 4.60. The number of nitrogens with one attached hydrogen (secondary N) is 1. The van der Waals surface area contributed by atoms with E-state index >= 15 is 0 Å². The smallest absolute Gasteiger partial charge is 0.271 e. The summed E-state index contributed by atoms with van der Waals surface area (Å²) in [6, 6.07) is 4.54. The van der Waals surface area contributed by atoms with Gasteiger partial charge in [0.05, 0.1) is 16.3 Å². The van der Waals surface area contributed by atoms with Gasteiger partial charge >= 0.3 is 0 Å². The van der Waals surface area contributed by atoms with E-state index in [1.54, 1.807) is 6.07 Å². The third-order valence-corrected chi connectivity index (χ3v) is 5.50. The van der Waals surface area contributed by atoms with Crippen LogP contribution in [-0.2, 0) is 0 Å². The predicted octanol–water partition coefficient (Wildman–Crippen LogP) is 2.44. The summed E-state index contributed by atoms with van der Waals surface area (Å²) >= 11 is 3.93. The lowest BCUT2D eigenvalue weighted by atomic mass is 10.2. The van der Waals surface area contributed by atoms with E-state index in [-0.39, 0.29) is 5.69 Å². The van der Waals surface area contributed by atoms with Gasteiger partial charge in [-0.05, 0) is 6.07 Å². The second-order valence-electron chi connectivity index (χ2n) is 3.98. The summed E-state index contributed by atoms with van der Waals surface area (Å²) < 4.78 is 0. The first-order chi connectivity index (χ1) is 8.66. The Bertz CT molecular complexity index is 436. The van der Waals surface area contributed by atoms with Crippen molar-refractivity contribution in [2.45, 2.75) is 5.25 Å². The summed E-state index contributed by atoms with van der Waals surface area (Å²) in [7, 11) is 0. The molecule has 18 heavy (non-hydrogen) atoms. The minimum atomic E-state index is -0.437. The predicted molar refractivity (Wildman–Crippen MR) is 79.6 cm³/mol. The van der Waals surface area contributed by atoms with Crippen LogP contribution in [-0.4, -0.2) is 34.0 Å². The normalized spacial score (nSPS) is 19.4. The van der Waals surface area contributed by atoms with Crippen LogP contribution in [0, 0.1) is 10.1 Å². The van der Waals surface area contributed by atoms with Crippen molar-refractivity contribution in [1.82, 2.24) is 0 Å². The molecule has 0 aliphatic carbocycles. The van der Waals surface area contributed by atoms with Gasteiger partial charge in [-0.1, -0.05) is 0 Å². The third-order valence-electron chi connectivity index (χ3n) is 2.65. The summed E-state index contributed by atoms with van der Waals surface area (Å²) in [5, 5.41) is 14.4. The average molecular weight is 285 g/mol. The Morgan fingerprint density at radius 2 is 2.33 bits per heavy atom. The summed E-state index contributed by atoms with van der Waals surface area (Å²) in [6.07, 6.45) is 0. The molecule has 0 bridgehead atoms. The van der Waals surface area contributed by atoms with Crippen molar-refractivity contribution in [3.05, 3.63) is 28.3 Å². The molecule has 0 saturated carbocycles. The van der Waals surface area contributed by atoms with E-state index in [0.717, 1.165) is 18.0 Å². The fraction of sp³-hybridized carbons (Fsp3) is 0.455. The van der Waals surface area contributed by atoms with E-state index in [9.17, 15) is 10.1 Å². The van der Waals surface area contributed by atoms with Crippen molar-refractivity contribution < 1.29 is 4.92 Å². The van der Waals surface area contributed by atoms with Gasteiger partial charge in [0.1, 0.15) is 0 Å². The van der Waals surface area contributed by atoms with Crippen molar-refractivity contribution in [2.75, 3.05) is 34.9 Å². The second-order valence-corrected chi connectivity index (χ2v) is 6.54. The molecule has 1 heterocycles. The topological polar surface area (TPSA) is 81.2 Å². The first kappa shape index (κ1) is 13.4. The Morgan fingerprint density at radius 3 is 2.94 bits per heavy atom. The number of rotatable bonds is 4. The molecule has 1 unspecified atom stereocenters. The van der Waals surface area contributed by atoms with Crippen LogP contribution in [0.15, 0.2) is 18.2 Å². The van der Waals surface area contributed by atoms with Crippen molar-refractivity contribution in [2.24, 2.45) is 0 Å². The van der Waals surface area contributed by atoms with Gasteiger partial charge in [-0.15, -0.1) is 0 Å². The minimum absolute atomic E-state index is 0.0284. The molecule has 2 rings (SSSR count). The largest absolute Gasteiger partial charge is 0.397 e. The van der Waals surface area contributed by atoms with Crippen LogP contribution in [0.25, 0.3) is 0 Å². The van der Waals surface area contributed by atoms with Crippen molar-refractivity contribution in [3.63, 3.8) is 0 Å². The number of nitrogens with zero attached hydrogens (tertiary/aromatic N) is 1. The monoisotopic (exact) mass is 285 g/mol. The van der Waals surface area contributed by atoms with Gasteiger partial charge in [0.2, 0.25) is 0 Å². The number of anilines is 2. The number of nitro groups is 1. The number of hydrogen-bond acceptors (Lipinski definition) is 6. The fourth-order valence-corrected chi connectivity index (χ4v) is 4.31. The molecule has 0 spiro atoms. The maximum atomic E-state index is 10.6. The van der Waals surface area contributed by atoms with Crippen LogP contribution in [0.3, 0.4) is 0 Å². The highest BCUT2D eigenvalue weighted by Gasteiger charge is 2.15. The highest BCUT2D eigenvalue weighted by atomic mass is 32.2. The lowest BCUT2D eigenvalue weighted by Gasteiger charge is -2.22. The summed E-state index contributed by atoms with van der Waals surface area (Å²) in [5.41, 5.74) is 7.03. The van der Waals surface area contributed by atoms with Gasteiger partial charge in [0.15, 0.2) is 0 Å². The van der Waals surface area contributed by atoms with Crippen LogP contribution in [0.5, 0.6) is 0 Å². The molecular formula is C11H15N3O2S2. The molecule has 1 atom stereocenters. The Balaban J connectivity index is 1.94. The molecule has 3 N–H and O–H groups in total. The summed E-state index contributed by atoms with van der Waals surface area (Å²) in [4.78, 5) is 10.2. The van der Waals surface area contributed by atoms with Gasteiger partial charge in [0, 0.05) is 41.2 Å². The highest BCUT2D eigenvalue weighted by Crippen LogP contribution is 2.27. The number of non-ortho nitro benzene ring substituents is 1. The van der Waals surface area contributed by atoms with Gasteiger partial charge in [-0.3, -0.25) is 10.1 Å². The fourth-order valence-electron chi connectivity index (χ4n) is 1.70. The van der Waals surface area contributed by atoms with Crippen LogP contribution in [0.1, 0.15) is 0 Å². The molecule has 1 fully saturated rings. The molecule has 0 aromatic heterocycles. The van der Waals surface area contributed by atoms with Crippen LogP contribution >= 0.6 is 23.5 Å². The average Bonchev–Trinajstić information content (AvgIpc) is 2.38. The summed E-state index contributed by atoms with van der Waals surface area (Å²) in [6.45, 7) is 0.847. The molecule has 0 radical (unpaired) electrons. The highest BCUT2D eigenvalue weighted by molar-refractivity contribution is 8.06. The van der Waals surface area contributed by atoms with Gasteiger partial charge in [-0.25, -0.2) is 0 Å². The summed E-state index contributed by atoms with van der Waals surface area (Å²) in [5.74, 6) is 3.55. The zero-order valence-corrected chi connectivity index (χ0v) is 11.4. The van der Waals surface area contributed by atoms with Crippen molar-refractivity contribution >= 4 is 40.6 Å². The minimum Gasteiger partial charge on any atom is -0.397 e. The SMILES string of the molecule is Nc1cc([N+](=O)[O-])ccc1NCC1CSCCS1. The first-order valence-corrected chi connectivity index (χ1v) is 7.84. The number of nitrogen functional groups attached to an aromatic ring is 1. The lowest BCUT2D eigenvalue weighted by molar-refractivity contribution is -0.384. The van der Waals surface area contributed by atoms with Crippen molar-refractivity contribution in [3.8, 4) is 0 Å². The molecule has 1 saturated heterocycles. The molecule has 1 aromatic carbocycles. The lowest BCUT2D eigenvalue weighted by Crippen LogP contribution is -2.23. The Labute approximate surface area is 114 Å². The van der Waals surface area contributed by atoms with Crippen LogP contribution in [0.4, 0.5) is 17.1 Å². The molecule has 98 valence electrons. The van der Waals surface area contributed by atoms with Crippen LogP contribution < -0.4 is 11.1 Å².